The summed E-state index contributed by atoms with van der Waals surface area (Å²) in [5.41, 5.74) is 6.58. The van der Waals surface area contributed by atoms with E-state index in [1.54, 1.807) is 41.4 Å². The minimum atomic E-state index is -0.505. The van der Waals surface area contributed by atoms with E-state index >= 15 is 0 Å². The van der Waals surface area contributed by atoms with E-state index < -0.39 is 6.04 Å². The zero-order valence-corrected chi connectivity index (χ0v) is 22.1. The fourth-order valence-electron chi connectivity index (χ4n) is 3.48. The van der Waals surface area contributed by atoms with Crippen molar-refractivity contribution in [2.24, 2.45) is 4.99 Å². The van der Waals surface area contributed by atoms with Crippen LogP contribution in [0.5, 0.6) is 0 Å². The smallest absolute Gasteiger partial charge is 0.243 e. The molecule has 0 saturated carbocycles. The highest BCUT2D eigenvalue weighted by Gasteiger charge is 2.33. The molecule has 0 radical (unpaired) electrons. The molecule has 8 heteroatoms. The molecular weight excluding hydrogens is 470 g/mol. The Labute approximate surface area is 218 Å². The Morgan fingerprint density at radius 1 is 1.39 bits per heavy atom. The third-order valence-electron chi connectivity index (χ3n) is 5.69. The van der Waals surface area contributed by atoms with Gasteiger partial charge >= 0.3 is 0 Å². The predicted molar refractivity (Wildman–Crippen MR) is 151 cm³/mol. The topological polar surface area (TPSA) is 88.9 Å². The minimum absolute atomic E-state index is 0.108. The number of carbonyl (C=O) groups excluding carboxylic acids is 2. The Balaban J connectivity index is 1.83. The number of carbonyl (C=O) groups is 2. The van der Waals surface area contributed by atoms with Crippen LogP contribution in [0.15, 0.2) is 95.0 Å². The summed E-state index contributed by atoms with van der Waals surface area (Å²) in [7, 11) is 1.77. The molecule has 190 valence electrons. The summed E-state index contributed by atoms with van der Waals surface area (Å²) >= 11 is 1.15. The standard InChI is InChI=1S/C28H35N5O2S/c1-6-12-23(4)32(5)28(29)36-20-26(34)33-16-11-15-25(33)27(35)31-18-21(2)17-30-19-22(3)24-13-9-7-8-10-14-24/h6-9,12-14,17,19,25,29H,1-2,11,15-16,18,20H2,3-5H3,(H,31,35)/b22-19+,23-12+,29-28?,30-17?/t25-/m0/s1. The maximum Gasteiger partial charge on any atom is 0.243 e. The van der Waals surface area contributed by atoms with Crippen LogP contribution in [0.2, 0.25) is 0 Å². The third kappa shape index (κ3) is 8.87. The number of hydrogen-bond donors (Lipinski definition) is 2. The molecule has 0 bridgehead atoms. The van der Waals surface area contributed by atoms with Crippen LogP contribution in [0.4, 0.5) is 0 Å². The molecule has 1 aliphatic carbocycles. The summed E-state index contributed by atoms with van der Waals surface area (Å²) in [6, 6.07) is -0.505. The van der Waals surface area contributed by atoms with E-state index in [-0.39, 0.29) is 29.3 Å². The fraction of sp³-hybridized carbons (Fsp3) is 0.321. The molecule has 2 aliphatic rings. The lowest BCUT2D eigenvalue weighted by atomic mass is 10.1. The highest BCUT2D eigenvalue weighted by atomic mass is 32.2. The van der Waals surface area contributed by atoms with E-state index in [1.165, 1.54) is 0 Å². The van der Waals surface area contributed by atoms with Gasteiger partial charge in [0.2, 0.25) is 11.8 Å². The lowest BCUT2D eigenvalue weighted by Crippen LogP contribution is -2.47. The molecule has 0 spiro atoms. The lowest BCUT2D eigenvalue weighted by molar-refractivity contribution is -0.136. The molecule has 0 aromatic rings. The number of likely N-dealkylation sites (tertiary alicyclic amines) is 1. The first-order valence-electron chi connectivity index (χ1n) is 11.7. The molecule has 1 heterocycles. The zero-order valence-electron chi connectivity index (χ0n) is 21.3. The van der Waals surface area contributed by atoms with Gasteiger partial charge in [-0.25, -0.2) is 0 Å². The number of amidine groups is 1. The first-order valence-corrected chi connectivity index (χ1v) is 12.7. The molecule has 1 atom stereocenters. The van der Waals surface area contributed by atoms with Crippen LogP contribution in [-0.4, -0.2) is 64.9 Å². The van der Waals surface area contributed by atoms with Crippen LogP contribution in [0.25, 0.3) is 0 Å². The molecule has 1 aliphatic heterocycles. The highest BCUT2D eigenvalue weighted by Crippen LogP contribution is 2.20. The number of rotatable bonds is 10. The van der Waals surface area contributed by atoms with E-state index in [4.69, 9.17) is 5.41 Å². The van der Waals surface area contributed by atoms with E-state index in [1.807, 2.05) is 44.2 Å². The Hall–Kier alpha value is -3.61. The van der Waals surface area contributed by atoms with Gasteiger partial charge in [-0.1, -0.05) is 49.2 Å². The molecule has 1 saturated heterocycles. The van der Waals surface area contributed by atoms with Crippen molar-refractivity contribution in [2.45, 2.75) is 32.7 Å². The van der Waals surface area contributed by atoms with Crippen molar-refractivity contribution in [1.29, 1.82) is 5.41 Å². The maximum atomic E-state index is 12.8. The van der Waals surface area contributed by atoms with Gasteiger partial charge in [0.15, 0.2) is 5.17 Å². The largest absolute Gasteiger partial charge is 0.350 e. The van der Waals surface area contributed by atoms with Gasteiger partial charge in [0, 0.05) is 38.2 Å². The molecule has 36 heavy (non-hydrogen) atoms. The highest BCUT2D eigenvalue weighted by molar-refractivity contribution is 8.14. The average molecular weight is 506 g/mol. The fourth-order valence-corrected chi connectivity index (χ4v) is 4.25. The average Bonchev–Trinajstić information content (AvgIpc) is 3.20. The van der Waals surface area contributed by atoms with Crippen LogP contribution in [0.1, 0.15) is 26.7 Å². The monoisotopic (exact) mass is 505 g/mol. The summed E-state index contributed by atoms with van der Waals surface area (Å²) in [5, 5.41) is 11.3. The van der Waals surface area contributed by atoms with Crippen LogP contribution in [-0.2, 0) is 9.59 Å². The minimum Gasteiger partial charge on any atom is -0.350 e. The lowest BCUT2D eigenvalue weighted by Gasteiger charge is -2.25. The van der Waals surface area contributed by atoms with Crippen LogP contribution < -0.4 is 5.32 Å². The van der Waals surface area contributed by atoms with E-state index in [0.717, 1.165) is 35.0 Å². The third-order valence-corrected chi connectivity index (χ3v) is 6.63. The van der Waals surface area contributed by atoms with Crippen molar-refractivity contribution in [1.82, 2.24) is 15.1 Å². The van der Waals surface area contributed by atoms with Gasteiger partial charge in [0.05, 0.1) is 5.75 Å². The predicted octanol–water partition coefficient (Wildman–Crippen LogP) is 4.52. The van der Waals surface area contributed by atoms with Crippen LogP contribution >= 0.6 is 11.8 Å². The van der Waals surface area contributed by atoms with Crippen molar-refractivity contribution in [3.8, 4) is 0 Å². The van der Waals surface area contributed by atoms with Crippen molar-refractivity contribution in [2.75, 3.05) is 25.9 Å². The number of amides is 2. The summed E-state index contributed by atoms with van der Waals surface area (Å²) < 4.78 is 0. The SMILES string of the molecule is C=C/C=C(\C)N(C)C(=N)SCC(=O)N1CCC[C@H]1C(=O)NCC(=C)C=N/C=C(\C)C1=CC=CC=C=C1. The molecule has 2 N–H and O–H groups in total. The molecule has 1 fully saturated rings. The number of allylic oxidation sites excluding steroid dienone is 9. The summed E-state index contributed by atoms with van der Waals surface area (Å²) in [5.74, 6) is -0.235. The number of nitrogens with zero attached hydrogens (tertiary/aromatic N) is 3. The zero-order chi connectivity index (χ0) is 26.5. The second kappa shape index (κ2) is 14.7. The van der Waals surface area contributed by atoms with E-state index in [0.29, 0.717) is 18.5 Å². The van der Waals surface area contributed by atoms with Gasteiger partial charge in [0.25, 0.3) is 0 Å². The summed E-state index contributed by atoms with van der Waals surface area (Å²) in [4.78, 5) is 33.2. The number of hydrogen-bond acceptors (Lipinski definition) is 5. The summed E-state index contributed by atoms with van der Waals surface area (Å²) in [6.07, 6.45) is 17.8. The molecule has 0 unspecified atom stereocenters. The van der Waals surface area contributed by atoms with Gasteiger partial charge in [-0.3, -0.25) is 20.0 Å². The first kappa shape index (κ1) is 28.6. The number of nitrogens with one attached hydrogen (secondary N) is 2. The van der Waals surface area contributed by atoms with Crippen LogP contribution in [0.3, 0.4) is 0 Å². The number of aliphatic imine (C=N–C) groups is 1. The Morgan fingerprint density at radius 2 is 2.17 bits per heavy atom. The number of thioether (sulfide) groups is 1. The molecule has 7 nitrogen and oxygen atoms in total. The Bertz CT molecular complexity index is 1100. The van der Waals surface area contributed by atoms with Gasteiger partial charge in [-0.2, -0.15) is 0 Å². The van der Waals surface area contributed by atoms with Crippen molar-refractivity contribution in [3.05, 3.63) is 90.0 Å². The normalized spacial score (nSPS) is 17.7. The second-order valence-electron chi connectivity index (χ2n) is 8.39. The van der Waals surface area contributed by atoms with E-state index in [9.17, 15) is 9.59 Å². The molecular formula is C28H35N5O2S. The van der Waals surface area contributed by atoms with E-state index in [2.05, 4.69) is 29.2 Å². The van der Waals surface area contributed by atoms with Gasteiger partial charge in [-0.15, -0.1) is 5.73 Å². The molecule has 0 aromatic heterocycles. The Morgan fingerprint density at radius 3 is 2.92 bits per heavy atom. The van der Waals surface area contributed by atoms with Gasteiger partial charge in [-0.05, 0) is 61.6 Å². The van der Waals surface area contributed by atoms with Gasteiger partial charge in [0.1, 0.15) is 6.04 Å². The summed E-state index contributed by atoms with van der Waals surface area (Å²) in [6.45, 7) is 12.2. The van der Waals surface area contributed by atoms with Crippen molar-refractivity contribution < 1.29 is 9.59 Å². The quantitative estimate of drug-likeness (QED) is 0.198. The first-order chi connectivity index (χ1) is 17.2. The van der Waals surface area contributed by atoms with Crippen molar-refractivity contribution in [3.63, 3.8) is 0 Å². The second-order valence-corrected chi connectivity index (χ2v) is 9.36. The molecule has 2 amide bonds. The Kier molecular flexibility index (Phi) is 11.7. The molecule has 0 aromatic carbocycles. The molecule has 2 rings (SSSR count). The van der Waals surface area contributed by atoms with Gasteiger partial charge < -0.3 is 15.1 Å². The maximum absolute atomic E-state index is 12.8. The van der Waals surface area contributed by atoms with Crippen LogP contribution in [0, 0.1) is 5.41 Å². The van der Waals surface area contributed by atoms with Crippen molar-refractivity contribution >= 4 is 35.0 Å².